The van der Waals surface area contributed by atoms with Gasteiger partial charge in [0.1, 0.15) is 11.9 Å². The van der Waals surface area contributed by atoms with Crippen molar-refractivity contribution in [1.29, 1.82) is 0 Å². The van der Waals surface area contributed by atoms with Crippen LogP contribution in [-0.2, 0) is 9.59 Å². The second kappa shape index (κ2) is 7.56. The van der Waals surface area contributed by atoms with E-state index < -0.39 is 6.04 Å². The monoisotopic (exact) mass is 374 g/mol. The molecule has 5 rings (SSSR count). The smallest absolute Gasteiger partial charge is 0.241 e. The Morgan fingerprint density at radius 2 is 2.04 bits per heavy atom. The largest absolute Gasteiger partial charge is 0.338 e. The lowest BCUT2D eigenvalue weighted by Crippen LogP contribution is -2.49. The maximum absolute atomic E-state index is 14.0. The number of hydrogen-bond acceptors (Lipinski definition) is 4. The number of carbonyl (C=O) groups excluding carboxylic acids is 2. The Bertz CT molecular complexity index is 728. The molecule has 2 amide bonds. The van der Waals surface area contributed by atoms with Gasteiger partial charge in [0.15, 0.2) is 0 Å². The topological polar surface area (TPSA) is 64.7 Å². The Kier molecular flexibility index (Phi) is 5.14. The molecule has 1 aromatic carbocycles. The number of halogens is 1. The zero-order valence-corrected chi connectivity index (χ0v) is 15.7. The molecule has 4 fully saturated rings. The van der Waals surface area contributed by atoms with E-state index in [2.05, 4.69) is 17.8 Å². The molecule has 4 saturated heterocycles. The predicted octanol–water partition coefficient (Wildman–Crippen LogP) is 1.59. The van der Waals surface area contributed by atoms with E-state index in [9.17, 15) is 14.0 Å². The molecular weight excluding hydrogens is 347 g/mol. The normalized spacial score (nSPS) is 30.7. The van der Waals surface area contributed by atoms with Crippen LogP contribution >= 0.6 is 0 Å². The first-order chi connectivity index (χ1) is 13.1. The van der Waals surface area contributed by atoms with Gasteiger partial charge in [-0.05, 0) is 31.7 Å². The molecule has 0 spiro atoms. The van der Waals surface area contributed by atoms with Crippen LogP contribution < -0.4 is 10.9 Å². The molecule has 27 heavy (non-hydrogen) atoms. The van der Waals surface area contributed by atoms with E-state index in [0.29, 0.717) is 25.1 Å². The van der Waals surface area contributed by atoms with Crippen molar-refractivity contribution in [3.05, 3.63) is 35.6 Å². The first-order valence-corrected chi connectivity index (χ1v) is 9.93. The number of benzene rings is 1. The van der Waals surface area contributed by atoms with Crippen LogP contribution in [0.3, 0.4) is 0 Å². The Labute approximate surface area is 159 Å². The Morgan fingerprint density at radius 3 is 2.81 bits per heavy atom. The van der Waals surface area contributed by atoms with Crippen LogP contribution in [0.25, 0.3) is 0 Å². The molecule has 2 bridgehead atoms. The van der Waals surface area contributed by atoms with Crippen molar-refractivity contribution in [3.63, 3.8) is 0 Å². The van der Waals surface area contributed by atoms with Crippen LogP contribution in [0.15, 0.2) is 24.3 Å². The summed E-state index contributed by atoms with van der Waals surface area (Å²) in [6.07, 6.45) is 3.26. The fourth-order valence-corrected chi connectivity index (χ4v) is 4.66. The molecule has 4 heterocycles. The number of nitrogens with one attached hydrogen (secondary N) is 2. The van der Waals surface area contributed by atoms with Gasteiger partial charge in [-0.15, -0.1) is 0 Å². The maximum Gasteiger partial charge on any atom is 0.241 e. The van der Waals surface area contributed by atoms with Gasteiger partial charge < -0.3 is 9.80 Å². The average molecular weight is 374 g/mol. The van der Waals surface area contributed by atoms with E-state index in [-0.39, 0.29) is 35.6 Å². The third-order valence-electron chi connectivity index (χ3n) is 6.05. The minimum atomic E-state index is -0.401. The molecule has 0 aliphatic carbocycles. The highest BCUT2D eigenvalue weighted by atomic mass is 19.1. The van der Waals surface area contributed by atoms with E-state index >= 15 is 0 Å². The molecular formula is C20H27FN4O2. The number of fused-ring (bicyclic) bond motifs is 4. The summed E-state index contributed by atoms with van der Waals surface area (Å²) in [6, 6.07) is 6.13. The summed E-state index contributed by atoms with van der Waals surface area (Å²) in [6.45, 7) is 3.94. The van der Waals surface area contributed by atoms with Gasteiger partial charge in [0.05, 0.1) is 12.0 Å². The fourth-order valence-electron chi connectivity index (χ4n) is 4.66. The number of nitrogens with zero attached hydrogens (tertiary/aromatic N) is 2. The SMILES string of the molecule is CCCN1C(=O)[C@@H]2CC[C@H]1CN(C(=O)C1CC(c3ccccc3F)NN1)C2. The number of piperidine rings is 1. The number of carbonyl (C=O) groups is 2. The molecule has 6 nitrogen and oxygen atoms in total. The standard InChI is InChI=1S/C20H27FN4O2/c1-2-9-25-14-8-7-13(19(25)26)11-24(12-14)20(27)18-10-17(22-23-18)15-5-3-4-6-16(15)21/h3-6,13-14,17-18,22-23H,2,7-12H2,1H3/t13-,14+,17?,18?/m1/s1. The van der Waals surface area contributed by atoms with Gasteiger partial charge in [-0.2, -0.15) is 0 Å². The number of amides is 2. The Morgan fingerprint density at radius 1 is 1.22 bits per heavy atom. The zero-order chi connectivity index (χ0) is 19.0. The molecule has 2 N–H and O–H groups in total. The van der Waals surface area contributed by atoms with E-state index in [0.717, 1.165) is 25.8 Å². The van der Waals surface area contributed by atoms with Gasteiger partial charge in [0.25, 0.3) is 0 Å². The quantitative estimate of drug-likeness (QED) is 0.840. The molecule has 1 aromatic rings. The van der Waals surface area contributed by atoms with Gasteiger partial charge in [0, 0.05) is 31.2 Å². The van der Waals surface area contributed by atoms with Gasteiger partial charge in [-0.25, -0.2) is 15.2 Å². The lowest BCUT2D eigenvalue weighted by Gasteiger charge is -2.35. The van der Waals surface area contributed by atoms with Gasteiger partial charge >= 0.3 is 0 Å². The molecule has 4 aliphatic rings. The minimum Gasteiger partial charge on any atom is -0.338 e. The molecule has 7 heteroatoms. The highest BCUT2D eigenvalue weighted by molar-refractivity contribution is 5.85. The van der Waals surface area contributed by atoms with Crippen molar-refractivity contribution in [3.8, 4) is 0 Å². The summed E-state index contributed by atoms with van der Waals surface area (Å²) >= 11 is 0. The maximum atomic E-state index is 14.0. The van der Waals surface area contributed by atoms with Crippen LogP contribution in [-0.4, -0.2) is 53.3 Å². The van der Waals surface area contributed by atoms with Crippen LogP contribution in [0.5, 0.6) is 0 Å². The van der Waals surface area contributed by atoms with E-state index in [1.165, 1.54) is 6.07 Å². The van der Waals surface area contributed by atoms with Crippen molar-refractivity contribution in [2.75, 3.05) is 19.6 Å². The van der Waals surface area contributed by atoms with Crippen LogP contribution in [0, 0.1) is 11.7 Å². The van der Waals surface area contributed by atoms with Crippen molar-refractivity contribution in [2.24, 2.45) is 5.92 Å². The average Bonchev–Trinajstić information content (AvgIpc) is 3.00. The van der Waals surface area contributed by atoms with Crippen molar-refractivity contribution in [1.82, 2.24) is 20.7 Å². The molecule has 146 valence electrons. The molecule has 0 saturated carbocycles. The predicted molar refractivity (Wildman–Crippen MR) is 98.9 cm³/mol. The third kappa shape index (κ3) is 3.46. The minimum absolute atomic E-state index is 0.00406. The third-order valence-corrected chi connectivity index (χ3v) is 6.05. The van der Waals surface area contributed by atoms with E-state index in [4.69, 9.17) is 0 Å². The Hall–Kier alpha value is -1.99. The molecule has 4 aliphatic heterocycles. The van der Waals surface area contributed by atoms with Crippen LogP contribution in [0.1, 0.15) is 44.2 Å². The highest BCUT2D eigenvalue weighted by Gasteiger charge is 2.43. The number of hydrazine groups is 1. The van der Waals surface area contributed by atoms with Crippen LogP contribution in [0.2, 0.25) is 0 Å². The summed E-state index contributed by atoms with van der Waals surface area (Å²) < 4.78 is 14.0. The second-order valence-corrected chi connectivity index (χ2v) is 7.85. The molecule has 4 atom stereocenters. The summed E-state index contributed by atoms with van der Waals surface area (Å²) in [5.74, 6) is -0.149. The second-order valence-electron chi connectivity index (χ2n) is 7.85. The van der Waals surface area contributed by atoms with Crippen molar-refractivity contribution in [2.45, 2.75) is 50.7 Å². The summed E-state index contributed by atoms with van der Waals surface area (Å²) in [5.41, 5.74) is 6.67. The van der Waals surface area contributed by atoms with E-state index in [1.807, 2.05) is 9.80 Å². The molecule has 0 aromatic heterocycles. The lowest BCUT2D eigenvalue weighted by atomic mass is 9.94. The fraction of sp³-hybridized carbons (Fsp3) is 0.600. The van der Waals surface area contributed by atoms with Crippen molar-refractivity contribution < 1.29 is 14.0 Å². The number of hydrogen-bond donors (Lipinski definition) is 2. The lowest BCUT2D eigenvalue weighted by molar-refractivity contribution is -0.139. The van der Waals surface area contributed by atoms with Crippen LogP contribution in [0.4, 0.5) is 4.39 Å². The first kappa shape index (κ1) is 18.4. The van der Waals surface area contributed by atoms with Gasteiger partial charge in [-0.1, -0.05) is 25.1 Å². The van der Waals surface area contributed by atoms with E-state index in [1.54, 1.807) is 18.2 Å². The Balaban J connectivity index is 1.45. The zero-order valence-electron chi connectivity index (χ0n) is 15.7. The van der Waals surface area contributed by atoms with Gasteiger partial charge in [-0.3, -0.25) is 9.59 Å². The summed E-state index contributed by atoms with van der Waals surface area (Å²) in [4.78, 5) is 29.6. The summed E-state index contributed by atoms with van der Waals surface area (Å²) in [5, 5.41) is 0. The number of rotatable bonds is 4. The van der Waals surface area contributed by atoms with Crippen molar-refractivity contribution >= 4 is 11.8 Å². The first-order valence-electron chi connectivity index (χ1n) is 9.93. The molecule has 0 radical (unpaired) electrons. The summed E-state index contributed by atoms with van der Waals surface area (Å²) in [7, 11) is 0. The van der Waals surface area contributed by atoms with Gasteiger partial charge in [0.2, 0.25) is 11.8 Å². The molecule has 2 unspecified atom stereocenters. The highest BCUT2D eigenvalue weighted by Crippen LogP contribution is 2.31.